The maximum atomic E-state index is 12.6. The van der Waals surface area contributed by atoms with Gasteiger partial charge in [-0.3, -0.25) is 9.59 Å². The molecule has 1 amide bonds. The number of carbonyl (C=O) groups excluding carboxylic acids is 2. The molecule has 0 radical (unpaired) electrons. The molecule has 1 aromatic carbocycles. The number of aromatic nitrogens is 1. The standard InChI is InChI=1S/C19H20N2O4/c1-10-6-13-17(14(22)7-10)12(9-20-13)18(23)21-11-4-5-15-16(8-11)25-19(2,3)24-15/h4-5,8-10,20H,6-7H2,1-3H3,(H,21,23). The lowest BCUT2D eigenvalue weighted by molar-refractivity contribution is -0.0431. The summed E-state index contributed by atoms with van der Waals surface area (Å²) in [6, 6.07) is 5.24. The van der Waals surface area contributed by atoms with Gasteiger partial charge < -0.3 is 19.8 Å². The van der Waals surface area contributed by atoms with Gasteiger partial charge in [0.1, 0.15) is 0 Å². The van der Waals surface area contributed by atoms with Crippen LogP contribution in [0.4, 0.5) is 5.69 Å². The molecule has 6 nitrogen and oxygen atoms in total. The lowest BCUT2D eigenvalue weighted by Crippen LogP contribution is -2.29. The van der Waals surface area contributed by atoms with Crippen molar-refractivity contribution in [3.8, 4) is 11.5 Å². The number of ketones is 1. The Balaban J connectivity index is 1.58. The predicted octanol–water partition coefficient (Wildman–Crippen LogP) is 3.54. The highest BCUT2D eigenvalue weighted by Gasteiger charge is 2.32. The Morgan fingerprint density at radius 2 is 2.00 bits per heavy atom. The van der Waals surface area contributed by atoms with Gasteiger partial charge in [-0.1, -0.05) is 6.92 Å². The molecule has 1 aliphatic heterocycles. The van der Waals surface area contributed by atoms with E-state index >= 15 is 0 Å². The minimum Gasteiger partial charge on any atom is -0.449 e. The molecule has 2 aromatic rings. The van der Waals surface area contributed by atoms with Crippen LogP contribution in [0.3, 0.4) is 0 Å². The van der Waals surface area contributed by atoms with E-state index < -0.39 is 5.79 Å². The predicted molar refractivity (Wildman–Crippen MR) is 92.3 cm³/mol. The van der Waals surface area contributed by atoms with Crippen molar-refractivity contribution >= 4 is 17.4 Å². The molecule has 0 saturated carbocycles. The van der Waals surface area contributed by atoms with Crippen LogP contribution >= 0.6 is 0 Å². The third-order valence-corrected chi connectivity index (χ3v) is 4.48. The van der Waals surface area contributed by atoms with Crippen LogP contribution in [0.15, 0.2) is 24.4 Å². The minimum atomic E-state index is -0.714. The fraction of sp³-hybridized carbons (Fsp3) is 0.368. The highest BCUT2D eigenvalue weighted by molar-refractivity contribution is 6.13. The Morgan fingerprint density at radius 3 is 2.80 bits per heavy atom. The first-order chi connectivity index (χ1) is 11.8. The zero-order valence-corrected chi connectivity index (χ0v) is 14.4. The second kappa shape index (κ2) is 5.37. The zero-order valence-electron chi connectivity index (χ0n) is 14.4. The second-order valence-corrected chi connectivity index (χ2v) is 7.21. The first kappa shape index (κ1) is 15.7. The number of H-pyrrole nitrogens is 1. The zero-order chi connectivity index (χ0) is 17.8. The van der Waals surface area contributed by atoms with Gasteiger partial charge in [0.05, 0.1) is 11.1 Å². The van der Waals surface area contributed by atoms with Crippen molar-refractivity contribution in [3.05, 3.63) is 41.2 Å². The molecule has 0 fully saturated rings. The van der Waals surface area contributed by atoms with Crippen LogP contribution in [0.2, 0.25) is 0 Å². The van der Waals surface area contributed by atoms with Crippen LogP contribution in [-0.4, -0.2) is 22.5 Å². The van der Waals surface area contributed by atoms with Crippen molar-refractivity contribution in [2.45, 2.75) is 39.4 Å². The summed E-state index contributed by atoms with van der Waals surface area (Å²) in [7, 11) is 0. The number of Topliss-reactive ketones (excluding diaryl/α,β-unsaturated/α-hetero) is 1. The number of amides is 1. The number of benzene rings is 1. The van der Waals surface area contributed by atoms with Gasteiger partial charge in [-0.15, -0.1) is 0 Å². The highest BCUT2D eigenvalue weighted by Crippen LogP contribution is 2.40. The van der Waals surface area contributed by atoms with Gasteiger partial charge in [-0.2, -0.15) is 0 Å². The Hall–Kier alpha value is -2.76. The van der Waals surface area contributed by atoms with E-state index in [2.05, 4.69) is 10.3 Å². The number of ether oxygens (including phenoxy) is 2. The SMILES string of the molecule is CC1CC(=O)c2c(C(=O)Nc3ccc4c(c3)OC(C)(C)O4)c[nH]c2C1. The molecule has 0 saturated heterocycles. The molecule has 1 aromatic heterocycles. The summed E-state index contributed by atoms with van der Waals surface area (Å²) in [5, 5.41) is 2.84. The molecule has 2 heterocycles. The van der Waals surface area contributed by atoms with Crippen molar-refractivity contribution in [1.82, 2.24) is 4.98 Å². The smallest absolute Gasteiger partial charge is 0.257 e. The Morgan fingerprint density at radius 1 is 1.24 bits per heavy atom. The molecule has 1 unspecified atom stereocenters. The molecule has 0 spiro atoms. The van der Waals surface area contributed by atoms with Crippen molar-refractivity contribution < 1.29 is 19.1 Å². The number of nitrogens with one attached hydrogen (secondary N) is 2. The van der Waals surface area contributed by atoms with Crippen LogP contribution in [-0.2, 0) is 6.42 Å². The van der Waals surface area contributed by atoms with E-state index in [1.807, 2.05) is 20.8 Å². The molecule has 1 atom stereocenters. The van der Waals surface area contributed by atoms with E-state index in [0.717, 1.165) is 12.1 Å². The molecule has 4 rings (SSSR count). The summed E-state index contributed by atoms with van der Waals surface area (Å²) in [5.41, 5.74) is 2.36. The quantitative estimate of drug-likeness (QED) is 0.876. The fourth-order valence-corrected chi connectivity index (χ4v) is 3.46. The third-order valence-electron chi connectivity index (χ3n) is 4.48. The summed E-state index contributed by atoms with van der Waals surface area (Å²) < 4.78 is 11.3. The first-order valence-electron chi connectivity index (χ1n) is 8.39. The summed E-state index contributed by atoms with van der Waals surface area (Å²) in [6.45, 7) is 5.68. The van der Waals surface area contributed by atoms with Crippen LogP contribution in [0.25, 0.3) is 0 Å². The van der Waals surface area contributed by atoms with Crippen molar-refractivity contribution in [1.29, 1.82) is 0 Å². The van der Waals surface area contributed by atoms with Crippen molar-refractivity contribution in [2.24, 2.45) is 5.92 Å². The van der Waals surface area contributed by atoms with Crippen LogP contribution in [0, 0.1) is 5.92 Å². The molecule has 25 heavy (non-hydrogen) atoms. The maximum Gasteiger partial charge on any atom is 0.257 e. The van der Waals surface area contributed by atoms with Gasteiger partial charge in [0.25, 0.3) is 5.91 Å². The van der Waals surface area contributed by atoms with Gasteiger partial charge in [-0.05, 0) is 24.5 Å². The van der Waals surface area contributed by atoms with E-state index in [-0.39, 0.29) is 11.7 Å². The Bertz CT molecular complexity index is 882. The molecular weight excluding hydrogens is 320 g/mol. The highest BCUT2D eigenvalue weighted by atomic mass is 16.7. The van der Waals surface area contributed by atoms with E-state index in [4.69, 9.17) is 9.47 Å². The Labute approximate surface area is 145 Å². The van der Waals surface area contributed by atoms with Gasteiger partial charge in [-0.25, -0.2) is 0 Å². The summed E-state index contributed by atoms with van der Waals surface area (Å²) in [5.74, 6) is 0.529. The van der Waals surface area contributed by atoms with E-state index in [1.54, 1.807) is 24.4 Å². The number of carbonyl (C=O) groups is 2. The summed E-state index contributed by atoms with van der Waals surface area (Å²) >= 11 is 0. The number of anilines is 1. The van der Waals surface area contributed by atoms with Crippen molar-refractivity contribution in [2.75, 3.05) is 5.32 Å². The lowest BCUT2D eigenvalue weighted by Gasteiger charge is -2.17. The topological polar surface area (TPSA) is 80.4 Å². The number of fused-ring (bicyclic) bond motifs is 2. The first-order valence-corrected chi connectivity index (χ1v) is 8.39. The average molecular weight is 340 g/mol. The van der Waals surface area contributed by atoms with Gasteiger partial charge in [0, 0.05) is 43.9 Å². The van der Waals surface area contributed by atoms with E-state index in [0.29, 0.717) is 40.7 Å². The second-order valence-electron chi connectivity index (χ2n) is 7.21. The molecule has 2 aliphatic rings. The Kier molecular flexibility index (Phi) is 3.39. The van der Waals surface area contributed by atoms with Gasteiger partial charge in [0.15, 0.2) is 17.3 Å². The largest absolute Gasteiger partial charge is 0.449 e. The number of rotatable bonds is 2. The fourth-order valence-electron chi connectivity index (χ4n) is 3.46. The van der Waals surface area contributed by atoms with E-state index in [1.165, 1.54) is 0 Å². The monoisotopic (exact) mass is 340 g/mol. The van der Waals surface area contributed by atoms with Crippen LogP contribution in [0.5, 0.6) is 11.5 Å². The molecule has 1 aliphatic carbocycles. The molecular formula is C19H20N2O4. The number of hydrogen-bond donors (Lipinski definition) is 2. The molecule has 0 bridgehead atoms. The molecule has 130 valence electrons. The van der Waals surface area contributed by atoms with Gasteiger partial charge in [0.2, 0.25) is 5.79 Å². The summed E-state index contributed by atoms with van der Waals surface area (Å²) in [6.07, 6.45) is 2.88. The van der Waals surface area contributed by atoms with Crippen LogP contribution in [0.1, 0.15) is 53.6 Å². The van der Waals surface area contributed by atoms with Crippen molar-refractivity contribution in [3.63, 3.8) is 0 Å². The van der Waals surface area contributed by atoms with Gasteiger partial charge >= 0.3 is 0 Å². The third kappa shape index (κ3) is 2.77. The van der Waals surface area contributed by atoms with E-state index in [9.17, 15) is 9.59 Å². The molecule has 2 N–H and O–H groups in total. The average Bonchev–Trinajstić information content (AvgIpc) is 3.05. The molecule has 6 heteroatoms. The lowest BCUT2D eigenvalue weighted by atomic mass is 9.86. The van der Waals surface area contributed by atoms with Crippen LogP contribution < -0.4 is 14.8 Å². The maximum absolute atomic E-state index is 12.6. The summed E-state index contributed by atoms with van der Waals surface area (Å²) in [4.78, 5) is 28.0. The normalized spacial score (nSPS) is 20.3. The number of hydrogen-bond acceptors (Lipinski definition) is 4. The minimum absolute atomic E-state index is 0.0209. The number of aromatic amines is 1.